The molecule has 1 amide bonds. The van der Waals surface area contributed by atoms with E-state index in [4.69, 9.17) is 4.74 Å². The molecule has 1 atom stereocenters. The van der Waals surface area contributed by atoms with Gasteiger partial charge in [-0.15, -0.1) is 0 Å². The van der Waals surface area contributed by atoms with Gasteiger partial charge in [0.15, 0.2) is 0 Å². The van der Waals surface area contributed by atoms with Gasteiger partial charge < -0.3 is 10.1 Å². The van der Waals surface area contributed by atoms with Gasteiger partial charge in [-0.1, -0.05) is 58.4 Å². The Balaban J connectivity index is 2.00. The van der Waals surface area contributed by atoms with Crippen LogP contribution < -0.4 is 5.32 Å². The van der Waals surface area contributed by atoms with Crippen LogP contribution in [0.25, 0.3) is 10.8 Å². The lowest BCUT2D eigenvalue weighted by molar-refractivity contribution is -0.121. The van der Waals surface area contributed by atoms with E-state index in [1.807, 2.05) is 18.2 Å². The summed E-state index contributed by atoms with van der Waals surface area (Å²) in [6.07, 6.45) is 1.25. The van der Waals surface area contributed by atoms with Crippen LogP contribution >= 0.6 is 15.9 Å². The third kappa shape index (κ3) is 4.83. The maximum atomic E-state index is 12.1. The summed E-state index contributed by atoms with van der Waals surface area (Å²) in [5.74, 6) is 0.0354. The van der Waals surface area contributed by atoms with Crippen LogP contribution in [-0.4, -0.2) is 31.0 Å². The molecule has 1 N–H and O–H groups in total. The fourth-order valence-electron chi connectivity index (χ4n) is 2.34. The highest BCUT2D eigenvalue weighted by molar-refractivity contribution is 9.09. The second-order valence-electron chi connectivity index (χ2n) is 5.06. The number of methoxy groups -OCH3 is 1. The Bertz CT molecular complexity index is 594. The molecule has 0 heterocycles. The summed E-state index contributed by atoms with van der Waals surface area (Å²) in [6.45, 7) is 0.537. The molecule has 0 aliphatic heterocycles. The molecular formula is C17H20BrNO2. The fraction of sp³-hybridized carbons (Fsp3) is 0.353. The Labute approximate surface area is 133 Å². The number of carbonyl (C=O) groups excluding carboxylic acids is 1. The lowest BCUT2D eigenvalue weighted by atomic mass is 10.0. The minimum Gasteiger partial charge on any atom is -0.383 e. The lowest BCUT2D eigenvalue weighted by Gasteiger charge is -2.16. The second-order valence-corrected chi connectivity index (χ2v) is 5.85. The molecule has 2 aromatic carbocycles. The van der Waals surface area contributed by atoms with E-state index in [9.17, 15) is 4.79 Å². The maximum absolute atomic E-state index is 12.1. The first-order valence-corrected chi connectivity index (χ1v) is 8.17. The highest BCUT2D eigenvalue weighted by atomic mass is 79.9. The highest BCUT2D eigenvalue weighted by Gasteiger charge is 2.12. The van der Waals surface area contributed by atoms with Crippen LogP contribution in [0.15, 0.2) is 42.5 Å². The normalized spacial score (nSPS) is 12.3. The molecular weight excluding hydrogens is 330 g/mol. The van der Waals surface area contributed by atoms with Gasteiger partial charge in [0.2, 0.25) is 5.91 Å². The number of fused-ring (bicyclic) bond motifs is 1. The third-order valence-corrected chi connectivity index (χ3v) is 3.83. The average Bonchev–Trinajstić information content (AvgIpc) is 2.47. The average molecular weight is 350 g/mol. The first-order valence-electron chi connectivity index (χ1n) is 7.05. The van der Waals surface area contributed by atoms with Gasteiger partial charge in [0.25, 0.3) is 0 Å². The predicted molar refractivity (Wildman–Crippen MR) is 89.9 cm³/mol. The van der Waals surface area contributed by atoms with E-state index in [2.05, 4.69) is 45.5 Å². The molecule has 0 aliphatic rings. The van der Waals surface area contributed by atoms with Crippen LogP contribution in [0.5, 0.6) is 0 Å². The van der Waals surface area contributed by atoms with Crippen LogP contribution in [0.3, 0.4) is 0 Å². The third-order valence-electron chi connectivity index (χ3n) is 3.37. The lowest BCUT2D eigenvalue weighted by Crippen LogP contribution is -2.39. The van der Waals surface area contributed by atoms with E-state index in [1.54, 1.807) is 7.11 Å². The van der Waals surface area contributed by atoms with E-state index in [1.165, 1.54) is 5.39 Å². The van der Waals surface area contributed by atoms with Crippen molar-refractivity contribution in [2.75, 3.05) is 19.0 Å². The van der Waals surface area contributed by atoms with Crippen molar-refractivity contribution < 1.29 is 9.53 Å². The zero-order chi connectivity index (χ0) is 15.1. The topological polar surface area (TPSA) is 38.3 Å². The Morgan fingerprint density at radius 2 is 2.00 bits per heavy atom. The molecule has 21 heavy (non-hydrogen) atoms. The molecule has 112 valence electrons. The number of halogens is 1. The van der Waals surface area contributed by atoms with Crippen molar-refractivity contribution in [3.8, 4) is 0 Å². The van der Waals surface area contributed by atoms with E-state index in [-0.39, 0.29) is 11.9 Å². The predicted octanol–water partition coefficient (Wildman–Crippen LogP) is 3.30. The van der Waals surface area contributed by atoms with Gasteiger partial charge in [-0.3, -0.25) is 4.79 Å². The zero-order valence-electron chi connectivity index (χ0n) is 12.1. The molecule has 0 aromatic heterocycles. The Hall–Kier alpha value is -1.39. The summed E-state index contributed by atoms with van der Waals surface area (Å²) in [5.41, 5.74) is 1.03. The van der Waals surface area contributed by atoms with Gasteiger partial charge in [0, 0.05) is 12.4 Å². The standard InChI is InChI=1S/C17H20BrNO2/c1-21-12-16(8-9-18)19-17(20)11-13-6-7-14-4-2-3-5-15(14)10-13/h2-7,10,16H,8-9,11-12H2,1H3,(H,19,20). The molecule has 2 rings (SSSR count). The Morgan fingerprint density at radius 3 is 2.71 bits per heavy atom. The van der Waals surface area contributed by atoms with E-state index in [0.29, 0.717) is 13.0 Å². The number of rotatable bonds is 7. The van der Waals surface area contributed by atoms with E-state index >= 15 is 0 Å². The van der Waals surface area contributed by atoms with Crippen molar-refractivity contribution in [2.45, 2.75) is 18.9 Å². The summed E-state index contributed by atoms with van der Waals surface area (Å²) in [4.78, 5) is 12.1. The number of alkyl halides is 1. The maximum Gasteiger partial charge on any atom is 0.224 e. The SMILES string of the molecule is COCC(CCBr)NC(=O)Cc1ccc2ccccc2c1. The van der Waals surface area contributed by atoms with Crippen LogP contribution in [0.4, 0.5) is 0 Å². The largest absolute Gasteiger partial charge is 0.383 e. The smallest absolute Gasteiger partial charge is 0.224 e. The van der Waals surface area contributed by atoms with Gasteiger partial charge in [-0.05, 0) is 22.8 Å². The molecule has 3 nitrogen and oxygen atoms in total. The van der Waals surface area contributed by atoms with Crippen LogP contribution in [0.2, 0.25) is 0 Å². The first kappa shape index (κ1) is 16.0. The summed E-state index contributed by atoms with van der Waals surface area (Å²) < 4.78 is 5.13. The molecule has 1 unspecified atom stereocenters. The summed E-state index contributed by atoms with van der Waals surface area (Å²) >= 11 is 3.40. The van der Waals surface area contributed by atoms with Crippen LogP contribution in [-0.2, 0) is 16.0 Å². The number of amides is 1. The fourth-order valence-corrected chi connectivity index (χ4v) is 2.90. The molecule has 0 aliphatic carbocycles. The number of hydrogen-bond acceptors (Lipinski definition) is 2. The summed E-state index contributed by atoms with van der Waals surface area (Å²) in [6, 6.07) is 14.4. The van der Waals surface area contributed by atoms with E-state index in [0.717, 1.165) is 22.7 Å². The van der Waals surface area contributed by atoms with Gasteiger partial charge in [-0.2, -0.15) is 0 Å². The second kappa shape index (κ2) is 8.15. The molecule has 4 heteroatoms. The quantitative estimate of drug-likeness (QED) is 0.778. The first-order chi connectivity index (χ1) is 10.2. The minimum atomic E-state index is 0.0354. The molecule has 0 fully saturated rings. The number of nitrogens with one attached hydrogen (secondary N) is 1. The summed E-state index contributed by atoms with van der Waals surface area (Å²) in [5, 5.41) is 6.22. The van der Waals surface area contributed by atoms with Crippen molar-refractivity contribution in [1.82, 2.24) is 5.32 Å². The van der Waals surface area contributed by atoms with Crippen molar-refractivity contribution >= 4 is 32.6 Å². The van der Waals surface area contributed by atoms with Gasteiger partial charge in [-0.25, -0.2) is 0 Å². The highest BCUT2D eigenvalue weighted by Crippen LogP contribution is 2.16. The molecule has 0 radical (unpaired) electrons. The number of hydrogen-bond donors (Lipinski definition) is 1. The van der Waals surface area contributed by atoms with Crippen LogP contribution in [0.1, 0.15) is 12.0 Å². The Kier molecular flexibility index (Phi) is 6.21. The number of ether oxygens (including phenoxy) is 1. The van der Waals surface area contributed by atoms with Gasteiger partial charge >= 0.3 is 0 Å². The van der Waals surface area contributed by atoms with Crippen molar-refractivity contribution in [1.29, 1.82) is 0 Å². The van der Waals surface area contributed by atoms with Crippen LogP contribution in [0, 0.1) is 0 Å². The molecule has 2 aromatic rings. The number of carbonyl (C=O) groups is 1. The molecule has 0 saturated heterocycles. The monoisotopic (exact) mass is 349 g/mol. The van der Waals surface area contributed by atoms with Crippen molar-refractivity contribution in [3.05, 3.63) is 48.0 Å². The van der Waals surface area contributed by atoms with Crippen molar-refractivity contribution in [2.24, 2.45) is 0 Å². The molecule has 0 spiro atoms. The summed E-state index contributed by atoms with van der Waals surface area (Å²) in [7, 11) is 1.65. The zero-order valence-corrected chi connectivity index (χ0v) is 13.7. The molecule has 0 saturated carbocycles. The van der Waals surface area contributed by atoms with Crippen molar-refractivity contribution in [3.63, 3.8) is 0 Å². The minimum absolute atomic E-state index is 0.0354. The van der Waals surface area contributed by atoms with Gasteiger partial charge in [0.1, 0.15) is 0 Å². The Morgan fingerprint density at radius 1 is 1.24 bits per heavy atom. The van der Waals surface area contributed by atoms with Gasteiger partial charge in [0.05, 0.1) is 19.1 Å². The number of benzene rings is 2. The van der Waals surface area contributed by atoms with E-state index < -0.39 is 0 Å². The molecule has 0 bridgehead atoms.